The zero-order chi connectivity index (χ0) is 21.9. The fourth-order valence-electron chi connectivity index (χ4n) is 5.37. The molecule has 0 saturated heterocycles. The summed E-state index contributed by atoms with van der Waals surface area (Å²) in [7, 11) is 0. The first kappa shape index (κ1) is 24.2. The number of carbonyl (C=O) groups is 1. The van der Waals surface area contributed by atoms with Crippen molar-refractivity contribution in [2.45, 2.75) is 107 Å². The lowest BCUT2D eigenvalue weighted by atomic mass is 9.61. The first-order valence-electron chi connectivity index (χ1n) is 12.2. The van der Waals surface area contributed by atoms with E-state index in [1.165, 1.54) is 22.3 Å². The number of Topliss-reactive ketones (excluding diaryl/α,β-unsaturated/α-hetero) is 1. The molecule has 0 bridgehead atoms. The third kappa shape index (κ3) is 4.97. The Balaban J connectivity index is 2.60. The molecule has 2 aliphatic rings. The van der Waals surface area contributed by atoms with Crippen molar-refractivity contribution >= 4 is 5.78 Å². The molecule has 1 atom stereocenters. The minimum absolute atomic E-state index is 0.275. The van der Waals surface area contributed by atoms with Crippen molar-refractivity contribution in [3.8, 4) is 0 Å². The average molecular weight is 399 g/mol. The highest BCUT2D eigenvalue weighted by atomic mass is 16.1. The van der Waals surface area contributed by atoms with E-state index in [0.717, 1.165) is 56.9 Å². The van der Waals surface area contributed by atoms with Gasteiger partial charge in [-0.1, -0.05) is 55.0 Å². The molecule has 1 unspecified atom stereocenters. The number of rotatable bonds is 10. The van der Waals surface area contributed by atoms with Crippen LogP contribution in [0.5, 0.6) is 0 Å². The van der Waals surface area contributed by atoms with Crippen molar-refractivity contribution in [1.82, 2.24) is 0 Å². The van der Waals surface area contributed by atoms with Gasteiger partial charge in [-0.25, -0.2) is 0 Å². The van der Waals surface area contributed by atoms with Gasteiger partial charge in [0.2, 0.25) is 0 Å². The monoisotopic (exact) mass is 398 g/mol. The molecule has 0 aromatic heterocycles. The molecule has 1 heteroatoms. The molecule has 2 rings (SSSR count). The summed E-state index contributed by atoms with van der Waals surface area (Å²) in [6, 6.07) is 0. The van der Waals surface area contributed by atoms with Crippen molar-refractivity contribution in [3.63, 3.8) is 0 Å². The maximum atomic E-state index is 14.2. The molecule has 0 heterocycles. The lowest BCUT2D eigenvalue weighted by Gasteiger charge is -2.41. The maximum Gasteiger partial charge on any atom is 0.169 e. The Morgan fingerprint density at radius 3 is 1.93 bits per heavy atom. The highest BCUT2D eigenvalue weighted by molar-refractivity contribution is 6.05. The van der Waals surface area contributed by atoms with E-state index in [-0.39, 0.29) is 5.41 Å². The Hall–Kier alpha value is -1.11. The van der Waals surface area contributed by atoms with Crippen molar-refractivity contribution in [1.29, 1.82) is 0 Å². The molecule has 0 saturated carbocycles. The molecular formula is C28H46O. The van der Waals surface area contributed by atoms with Crippen LogP contribution in [-0.4, -0.2) is 5.78 Å². The van der Waals surface area contributed by atoms with E-state index < -0.39 is 0 Å². The highest BCUT2D eigenvalue weighted by Gasteiger charge is 2.50. The maximum absolute atomic E-state index is 14.2. The molecule has 0 radical (unpaired) electrons. The standard InChI is InChI=1S/C28H46O/c1-10-23-17-25-26(21(23)8)22(9)24(12-11-18(2)3)27(29)28(25,15-13-19(4)5)16-14-20(6)7/h18-20,23H,8,10-17H2,1-7,9H3. The van der Waals surface area contributed by atoms with Gasteiger partial charge in [-0.3, -0.25) is 4.79 Å². The predicted octanol–water partition coefficient (Wildman–Crippen LogP) is 8.46. The van der Waals surface area contributed by atoms with E-state index in [4.69, 9.17) is 0 Å². The van der Waals surface area contributed by atoms with Crippen molar-refractivity contribution in [2.75, 3.05) is 0 Å². The predicted molar refractivity (Wildman–Crippen MR) is 127 cm³/mol. The minimum Gasteiger partial charge on any atom is -0.294 e. The lowest BCUT2D eigenvalue weighted by Crippen LogP contribution is -2.38. The summed E-state index contributed by atoms with van der Waals surface area (Å²) in [5, 5.41) is 0. The normalized spacial score (nSPS) is 22.0. The zero-order valence-corrected chi connectivity index (χ0v) is 20.6. The molecule has 0 aromatic rings. The van der Waals surface area contributed by atoms with Crippen molar-refractivity contribution in [2.24, 2.45) is 29.1 Å². The summed E-state index contributed by atoms with van der Waals surface area (Å²) in [6.45, 7) is 22.7. The van der Waals surface area contributed by atoms with E-state index in [1.54, 1.807) is 0 Å². The minimum atomic E-state index is -0.275. The molecule has 0 amide bonds. The molecular weight excluding hydrogens is 352 g/mol. The molecule has 0 aliphatic heterocycles. The summed E-state index contributed by atoms with van der Waals surface area (Å²) in [5.41, 5.74) is 6.30. The van der Waals surface area contributed by atoms with Crippen LogP contribution < -0.4 is 0 Å². The molecule has 2 aliphatic carbocycles. The van der Waals surface area contributed by atoms with Crippen LogP contribution >= 0.6 is 0 Å². The van der Waals surface area contributed by atoms with Gasteiger partial charge in [0, 0.05) is 0 Å². The van der Waals surface area contributed by atoms with Crippen LogP contribution in [0.2, 0.25) is 0 Å². The molecule has 0 aromatic carbocycles. The molecule has 0 fully saturated rings. The molecule has 164 valence electrons. The van der Waals surface area contributed by atoms with Gasteiger partial charge >= 0.3 is 0 Å². The molecule has 0 N–H and O–H groups in total. The molecule has 0 spiro atoms. The Morgan fingerprint density at radius 1 is 0.966 bits per heavy atom. The van der Waals surface area contributed by atoms with Crippen LogP contribution in [0.4, 0.5) is 0 Å². The van der Waals surface area contributed by atoms with E-state index >= 15 is 0 Å². The Morgan fingerprint density at radius 2 is 1.48 bits per heavy atom. The molecule has 1 nitrogen and oxygen atoms in total. The lowest BCUT2D eigenvalue weighted by molar-refractivity contribution is -0.124. The third-order valence-corrected chi connectivity index (χ3v) is 7.44. The molecule has 29 heavy (non-hydrogen) atoms. The van der Waals surface area contributed by atoms with Crippen LogP contribution in [0.1, 0.15) is 107 Å². The number of allylic oxidation sites excluding steroid dienone is 5. The highest BCUT2D eigenvalue weighted by Crippen LogP contribution is 2.57. The quantitative estimate of drug-likeness (QED) is 0.360. The average Bonchev–Trinajstić information content (AvgIpc) is 2.97. The zero-order valence-electron chi connectivity index (χ0n) is 20.6. The Bertz CT molecular complexity index is 671. The summed E-state index contributed by atoms with van der Waals surface area (Å²) in [5.74, 6) is 2.86. The second-order valence-corrected chi connectivity index (χ2v) is 11.0. The van der Waals surface area contributed by atoms with Crippen LogP contribution in [0.25, 0.3) is 0 Å². The SMILES string of the molecule is C=C1C2=C(CC1CC)C(CCC(C)C)(CCC(C)C)C(=O)C(CCC(C)C)=C2C. The van der Waals surface area contributed by atoms with Crippen LogP contribution in [0.15, 0.2) is 34.4 Å². The number of ketones is 1. The second kappa shape index (κ2) is 9.80. The van der Waals surface area contributed by atoms with Gasteiger partial charge in [-0.2, -0.15) is 0 Å². The number of carbonyl (C=O) groups excluding carboxylic acids is 1. The number of hydrogen-bond donors (Lipinski definition) is 0. The fourth-order valence-corrected chi connectivity index (χ4v) is 5.37. The van der Waals surface area contributed by atoms with Gasteiger partial charge in [0.1, 0.15) is 0 Å². The first-order valence-corrected chi connectivity index (χ1v) is 12.2. The van der Waals surface area contributed by atoms with Gasteiger partial charge in [0.25, 0.3) is 0 Å². The van der Waals surface area contributed by atoms with Gasteiger partial charge in [0.15, 0.2) is 5.78 Å². The smallest absolute Gasteiger partial charge is 0.169 e. The van der Waals surface area contributed by atoms with Gasteiger partial charge in [-0.05, 0) is 110 Å². The van der Waals surface area contributed by atoms with E-state index in [9.17, 15) is 4.79 Å². The third-order valence-electron chi connectivity index (χ3n) is 7.44. The topological polar surface area (TPSA) is 17.1 Å². The van der Waals surface area contributed by atoms with Gasteiger partial charge in [0.05, 0.1) is 5.41 Å². The van der Waals surface area contributed by atoms with Crippen molar-refractivity contribution in [3.05, 3.63) is 34.4 Å². The van der Waals surface area contributed by atoms with Crippen molar-refractivity contribution < 1.29 is 4.79 Å². The largest absolute Gasteiger partial charge is 0.294 e. The van der Waals surface area contributed by atoms with Gasteiger partial charge in [-0.15, -0.1) is 0 Å². The van der Waals surface area contributed by atoms with Crippen LogP contribution in [-0.2, 0) is 4.79 Å². The summed E-state index contributed by atoms with van der Waals surface area (Å²) in [6.07, 6.45) is 8.47. The van der Waals surface area contributed by atoms with E-state index in [1.807, 2.05) is 0 Å². The summed E-state index contributed by atoms with van der Waals surface area (Å²) in [4.78, 5) is 14.2. The number of hydrogen-bond acceptors (Lipinski definition) is 1. The van der Waals surface area contributed by atoms with E-state index in [2.05, 4.69) is 62.0 Å². The summed E-state index contributed by atoms with van der Waals surface area (Å²) >= 11 is 0. The van der Waals surface area contributed by atoms with Gasteiger partial charge < -0.3 is 0 Å². The van der Waals surface area contributed by atoms with Crippen LogP contribution in [0.3, 0.4) is 0 Å². The summed E-state index contributed by atoms with van der Waals surface area (Å²) < 4.78 is 0. The van der Waals surface area contributed by atoms with Crippen LogP contribution in [0, 0.1) is 29.1 Å². The Kier molecular flexibility index (Phi) is 8.16. The van der Waals surface area contributed by atoms with E-state index in [0.29, 0.717) is 29.5 Å². The fraction of sp³-hybridized carbons (Fsp3) is 0.750. The first-order chi connectivity index (χ1) is 13.5. The Labute approximate surface area is 181 Å². The second-order valence-electron chi connectivity index (χ2n) is 11.0.